The van der Waals surface area contributed by atoms with Gasteiger partial charge in [-0.3, -0.25) is 20.2 Å². The minimum atomic E-state index is -0.709. The molecular formula is C12H15N3O6. The smallest absolute Gasteiger partial charge is 0.299 e. The molecule has 0 bridgehead atoms. The van der Waals surface area contributed by atoms with E-state index in [2.05, 4.69) is 5.32 Å². The number of rotatable bonds is 5. The van der Waals surface area contributed by atoms with Gasteiger partial charge >= 0.3 is 0 Å². The van der Waals surface area contributed by atoms with E-state index in [-0.39, 0.29) is 23.7 Å². The molecule has 1 aromatic rings. The monoisotopic (exact) mass is 297 g/mol. The number of nitrogens with one attached hydrogen (secondary N) is 1. The molecule has 0 spiro atoms. The molecule has 1 saturated heterocycles. The maximum atomic E-state index is 11.1. The Morgan fingerprint density at radius 2 is 1.90 bits per heavy atom. The highest BCUT2D eigenvalue weighted by atomic mass is 16.6. The Labute approximate surface area is 119 Å². The van der Waals surface area contributed by atoms with Gasteiger partial charge in [0.1, 0.15) is 5.69 Å². The molecule has 21 heavy (non-hydrogen) atoms. The van der Waals surface area contributed by atoms with E-state index in [4.69, 9.17) is 4.74 Å². The van der Waals surface area contributed by atoms with E-state index in [1.54, 1.807) is 0 Å². The molecule has 2 rings (SSSR count). The lowest BCUT2D eigenvalue weighted by Gasteiger charge is -2.37. The van der Waals surface area contributed by atoms with Gasteiger partial charge in [0.25, 0.3) is 11.4 Å². The van der Waals surface area contributed by atoms with Crippen LogP contribution in [0.15, 0.2) is 18.2 Å². The molecule has 1 heterocycles. The zero-order valence-electron chi connectivity index (χ0n) is 11.2. The van der Waals surface area contributed by atoms with Crippen LogP contribution in [-0.4, -0.2) is 40.3 Å². The summed E-state index contributed by atoms with van der Waals surface area (Å²) in [5, 5.41) is 34.3. The SMILES string of the molecule is O=[N+]([O-])c1ccc(NC2(CO)CCOCC2)c([N+](=O)[O-])c1. The number of nitro benzene ring substituents is 2. The second kappa shape index (κ2) is 6.02. The minimum Gasteiger partial charge on any atom is -0.394 e. The molecule has 9 nitrogen and oxygen atoms in total. The standard InChI is InChI=1S/C12H15N3O6/c16-8-12(3-5-21-6-4-12)13-10-2-1-9(14(17)18)7-11(10)15(19)20/h1-2,7,13,16H,3-6,8H2. The quantitative estimate of drug-likeness (QED) is 0.621. The maximum absolute atomic E-state index is 11.1. The summed E-state index contributed by atoms with van der Waals surface area (Å²) in [4.78, 5) is 20.4. The highest BCUT2D eigenvalue weighted by molar-refractivity contribution is 5.66. The molecule has 1 aliphatic heterocycles. The molecule has 1 aromatic carbocycles. The van der Waals surface area contributed by atoms with Crippen LogP contribution in [0.25, 0.3) is 0 Å². The Bertz CT molecular complexity index is 556. The second-order valence-corrected chi connectivity index (χ2v) is 4.89. The molecule has 2 N–H and O–H groups in total. The normalized spacial score (nSPS) is 17.2. The Balaban J connectivity index is 2.34. The van der Waals surface area contributed by atoms with Gasteiger partial charge in [-0.25, -0.2) is 0 Å². The van der Waals surface area contributed by atoms with Gasteiger partial charge in [0.05, 0.1) is 28.1 Å². The van der Waals surface area contributed by atoms with Gasteiger partial charge < -0.3 is 15.2 Å². The van der Waals surface area contributed by atoms with Gasteiger partial charge in [0.2, 0.25) is 0 Å². The van der Waals surface area contributed by atoms with Crippen LogP contribution >= 0.6 is 0 Å². The average molecular weight is 297 g/mol. The predicted molar refractivity (Wildman–Crippen MR) is 73.2 cm³/mol. The van der Waals surface area contributed by atoms with Crippen molar-refractivity contribution in [3.05, 3.63) is 38.4 Å². The Morgan fingerprint density at radius 1 is 1.24 bits per heavy atom. The molecule has 0 aliphatic carbocycles. The summed E-state index contributed by atoms with van der Waals surface area (Å²) in [6.07, 6.45) is 0.995. The van der Waals surface area contributed by atoms with E-state index in [0.717, 1.165) is 6.07 Å². The number of benzene rings is 1. The third-order valence-corrected chi connectivity index (χ3v) is 3.54. The van der Waals surface area contributed by atoms with Gasteiger partial charge in [0.15, 0.2) is 0 Å². The van der Waals surface area contributed by atoms with E-state index >= 15 is 0 Å². The van der Waals surface area contributed by atoms with Crippen molar-refractivity contribution < 1.29 is 19.7 Å². The van der Waals surface area contributed by atoms with Crippen LogP contribution in [0.4, 0.5) is 17.1 Å². The van der Waals surface area contributed by atoms with E-state index in [1.807, 2.05) is 0 Å². The third kappa shape index (κ3) is 3.26. The number of nitrogens with zero attached hydrogens (tertiary/aromatic N) is 2. The lowest BCUT2D eigenvalue weighted by Crippen LogP contribution is -2.47. The molecule has 114 valence electrons. The van der Waals surface area contributed by atoms with Crippen molar-refractivity contribution in [3.8, 4) is 0 Å². The summed E-state index contributed by atoms with van der Waals surface area (Å²) < 4.78 is 5.22. The Kier molecular flexibility index (Phi) is 4.34. The minimum absolute atomic E-state index is 0.154. The summed E-state index contributed by atoms with van der Waals surface area (Å²) >= 11 is 0. The first kappa shape index (κ1) is 15.1. The van der Waals surface area contributed by atoms with Crippen molar-refractivity contribution in [2.75, 3.05) is 25.1 Å². The van der Waals surface area contributed by atoms with Crippen LogP contribution in [0.2, 0.25) is 0 Å². The first-order valence-corrected chi connectivity index (χ1v) is 6.37. The van der Waals surface area contributed by atoms with E-state index in [9.17, 15) is 25.3 Å². The summed E-state index contributed by atoms with van der Waals surface area (Å²) in [5.41, 5.74) is -1.29. The topological polar surface area (TPSA) is 128 Å². The Hall–Kier alpha value is -2.26. The van der Waals surface area contributed by atoms with E-state index in [0.29, 0.717) is 26.1 Å². The summed E-state index contributed by atoms with van der Waals surface area (Å²) in [6, 6.07) is 3.40. The summed E-state index contributed by atoms with van der Waals surface area (Å²) in [5.74, 6) is 0. The fourth-order valence-electron chi connectivity index (χ4n) is 2.26. The largest absolute Gasteiger partial charge is 0.394 e. The molecule has 0 radical (unpaired) electrons. The van der Waals surface area contributed by atoms with Crippen LogP contribution in [0, 0.1) is 20.2 Å². The Morgan fingerprint density at radius 3 is 2.43 bits per heavy atom. The van der Waals surface area contributed by atoms with Crippen LogP contribution in [0.3, 0.4) is 0 Å². The number of hydrogen-bond acceptors (Lipinski definition) is 7. The third-order valence-electron chi connectivity index (χ3n) is 3.54. The van der Waals surface area contributed by atoms with Gasteiger partial charge in [0, 0.05) is 19.3 Å². The van der Waals surface area contributed by atoms with Crippen molar-refractivity contribution >= 4 is 17.1 Å². The molecule has 0 saturated carbocycles. The van der Waals surface area contributed by atoms with Crippen LogP contribution in [0.5, 0.6) is 0 Å². The lowest BCUT2D eigenvalue weighted by atomic mass is 9.90. The van der Waals surface area contributed by atoms with Crippen LogP contribution < -0.4 is 5.32 Å². The fraction of sp³-hybridized carbons (Fsp3) is 0.500. The van der Waals surface area contributed by atoms with E-state index in [1.165, 1.54) is 12.1 Å². The molecule has 0 amide bonds. The number of non-ortho nitro benzene ring substituents is 1. The second-order valence-electron chi connectivity index (χ2n) is 4.89. The van der Waals surface area contributed by atoms with Gasteiger partial charge in [-0.15, -0.1) is 0 Å². The molecular weight excluding hydrogens is 282 g/mol. The molecule has 0 aromatic heterocycles. The number of hydrogen-bond donors (Lipinski definition) is 2. The highest BCUT2D eigenvalue weighted by Crippen LogP contribution is 2.33. The van der Waals surface area contributed by atoms with Crippen LogP contribution in [-0.2, 0) is 4.74 Å². The van der Waals surface area contributed by atoms with Crippen molar-refractivity contribution in [1.82, 2.24) is 0 Å². The number of nitro groups is 2. The number of aliphatic hydroxyl groups is 1. The molecule has 1 fully saturated rings. The lowest BCUT2D eigenvalue weighted by molar-refractivity contribution is -0.393. The molecule has 0 unspecified atom stereocenters. The van der Waals surface area contributed by atoms with Crippen molar-refractivity contribution in [2.24, 2.45) is 0 Å². The van der Waals surface area contributed by atoms with Crippen molar-refractivity contribution in [2.45, 2.75) is 18.4 Å². The zero-order valence-corrected chi connectivity index (χ0v) is 11.2. The first-order valence-electron chi connectivity index (χ1n) is 6.37. The van der Waals surface area contributed by atoms with Crippen LogP contribution in [0.1, 0.15) is 12.8 Å². The van der Waals surface area contributed by atoms with Crippen molar-refractivity contribution in [1.29, 1.82) is 0 Å². The number of anilines is 1. The zero-order chi connectivity index (χ0) is 15.5. The van der Waals surface area contributed by atoms with Gasteiger partial charge in [-0.2, -0.15) is 0 Å². The van der Waals surface area contributed by atoms with Crippen molar-refractivity contribution in [3.63, 3.8) is 0 Å². The van der Waals surface area contributed by atoms with Gasteiger partial charge in [-0.1, -0.05) is 0 Å². The number of aliphatic hydroxyl groups excluding tert-OH is 1. The highest BCUT2D eigenvalue weighted by Gasteiger charge is 2.34. The van der Waals surface area contributed by atoms with Gasteiger partial charge in [-0.05, 0) is 18.9 Å². The first-order chi connectivity index (χ1) is 9.97. The predicted octanol–water partition coefficient (Wildman–Crippen LogP) is 1.46. The molecule has 9 heteroatoms. The summed E-state index contributed by atoms with van der Waals surface area (Å²) in [6.45, 7) is 0.674. The number of ether oxygens (including phenoxy) is 1. The maximum Gasteiger partial charge on any atom is 0.299 e. The molecule has 0 atom stereocenters. The van der Waals surface area contributed by atoms with E-state index < -0.39 is 15.4 Å². The summed E-state index contributed by atoms with van der Waals surface area (Å²) in [7, 11) is 0. The molecule has 1 aliphatic rings. The average Bonchev–Trinajstić information content (AvgIpc) is 2.48. The fourth-order valence-corrected chi connectivity index (χ4v) is 2.26.